The molecule has 1 unspecified atom stereocenters. The Balaban J connectivity index is 0.00000341. The Labute approximate surface area is 202 Å². The van der Waals surface area contributed by atoms with Gasteiger partial charge in [-0.05, 0) is 43.7 Å². The molecular weight excluding hydrogens is 531 g/mol. The zero-order valence-electron chi connectivity index (χ0n) is 18.1. The van der Waals surface area contributed by atoms with Gasteiger partial charge in [0, 0.05) is 51.9 Å². The van der Waals surface area contributed by atoms with Gasteiger partial charge in [0.2, 0.25) is 10.0 Å². The minimum Gasteiger partial charge on any atom is -0.396 e. The monoisotopic (exact) mass is 566 g/mol. The number of nitrogens with zero attached hydrogens (tertiary/aromatic N) is 2. The van der Waals surface area contributed by atoms with Gasteiger partial charge in [-0.3, -0.25) is 4.99 Å². The highest BCUT2D eigenvalue weighted by molar-refractivity contribution is 14.0. The van der Waals surface area contributed by atoms with Crippen molar-refractivity contribution in [2.45, 2.75) is 30.6 Å². The van der Waals surface area contributed by atoms with Crippen LogP contribution in [0.4, 0.5) is 0 Å². The highest BCUT2D eigenvalue weighted by Gasteiger charge is 2.34. The fourth-order valence-corrected chi connectivity index (χ4v) is 5.63. The standard InChI is InChI=1S/C21H34N4O4S.HI/c1-22-20(24-16-21(9-13-26)10-14-29-17-21)23-15-18-7-11-25(12-8-18)30(27,28)19-5-3-2-4-6-19;/h2-6,18,26H,7-17H2,1H3,(H2,22,23,24);1H. The van der Waals surface area contributed by atoms with E-state index in [1.54, 1.807) is 35.6 Å². The molecule has 2 fully saturated rings. The number of aliphatic hydroxyl groups excluding tert-OH is 1. The number of aliphatic hydroxyl groups is 1. The molecule has 0 saturated carbocycles. The van der Waals surface area contributed by atoms with Gasteiger partial charge in [0.25, 0.3) is 0 Å². The smallest absolute Gasteiger partial charge is 0.243 e. The number of piperidine rings is 1. The molecule has 1 aromatic carbocycles. The third kappa shape index (κ3) is 7.01. The average molecular weight is 567 g/mol. The number of guanidine groups is 1. The molecule has 10 heteroatoms. The Hall–Kier alpha value is -0.950. The lowest BCUT2D eigenvalue weighted by Crippen LogP contribution is -2.47. The van der Waals surface area contributed by atoms with Gasteiger partial charge in [-0.15, -0.1) is 24.0 Å². The Morgan fingerprint density at radius 2 is 1.97 bits per heavy atom. The zero-order valence-corrected chi connectivity index (χ0v) is 21.3. The quantitative estimate of drug-likeness (QED) is 0.251. The summed E-state index contributed by atoms with van der Waals surface area (Å²) < 4.78 is 32.6. The van der Waals surface area contributed by atoms with E-state index < -0.39 is 10.0 Å². The summed E-state index contributed by atoms with van der Waals surface area (Å²) in [6.07, 6.45) is 3.29. The summed E-state index contributed by atoms with van der Waals surface area (Å²) in [5, 5.41) is 16.1. The maximum atomic E-state index is 12.8. The summed E-state index contributed by atoms with van der Waals surface area (Å²) in [5.41, 5.74) is -0.0382. The molecule has 1 aromatic rings. The Morgan fingerprint density at radius 1 is 1.26 bits per heavy atom. The van der Waals surface area contributed by atoms with Crippen molar-refractivity contribution in [2.75, 3.05) is 53.0 Å². The van der Waals surface area contributed by atoms with Gasteiger partial charge in [-0.2, -0.15) is 4.31 Å². The van der Waals surface area contributed by atoms with Crippen molar-refractivity contribution in [1.29, 1.82) is 0 Å². The van der Waals surface area contributed by atoms with Crippen LogP contribution >= 0.6 is 24.0 Å². The number of hydrogen-bond acceptors (Lipinski definition) is 5. The van der Waals surface area contributed by atoms with Crippen LogP contribution in [0.3, 0.4) is 0 Å². The second-order valence-corrected chi connectivity index (χ2v) is 10.2. The van der Waals surface area contributed by atoms with E-state index in [4.69, 9.17) is 4.74 Å². The number of aliphatic imine (C=N–C) groups is 1. The summed E-state index contributed by atoms with van der Waals surface area (Å²) in [6.45, 7) is 4.08. The lowest BCUT2D eigenvalue weighted by molar-refractivity contribution is 0.127. The van der Waals surface area contributed by atoms with Gasteiger partial charge >= 0.3 is 0 Å². The second kappa shape index (κ2) is 12.3. The number of nitrogens with one attached hydrogen (secondary N) is 2. The average Bonchev–Trinajstić information content (AvgIpc) is 3.24. The Kier molecular flexibility index (Phi) is 10.5. The van der Waals surface area contributed by atoms with E-state index in [2.05, 4.69) is 15.6 Å². The predicted octanol–water partition coefficient (Wildman–Crippen LogP) is 1.66. The molecule has 0 aliphatic carbocycles. The second-order valence-electron chi connectivity index (χ2n) is 8.24. The number of halogens is 1. The van der Waals surface area contributed by atoms with Crippen molar-refractivity contribution in [1.82, 2.24) is 14.9 Å². The molecule has 2 aliphatic rings. The molecule has 2 aliphatic heterocycles. The fourth-order valence-electron chi connectivity index (χ4n) is 4.14. The topological polar surface area (TPSA) is 103 Å². The van der Waals surface area contributed by atoms with Crippen LogP contribution in [0.2, 0.25) is 0 Å². The first-order valence-corrected chi connectivity index (χ1v) is 12.1. The van der Waals surface area contributed by atoms with Crippen LogP contribution in [0.1, 0.15) is 25.7 Å². The van der Waals surface area contributed by atoms with E-state index in [0.717, 1.165) is 38.4 Å². The Morgan fingerprint density at radius 3 is 2.55 bits per heavy atom. The summed E-state index contributed by atoms with van der Waals surface area (Å²) in [6, 6.07) is 8.63. The normalized spacial score (nSPS) is 23.4. The molecule has 31 heavy (non-hydrogen) atoms. The first kappa shape index (κ1) is 26.3. The van der Waals surface area contributed by atoms with Gasteiger partial charge in [0.1, 0.15) is 0 Å². The first-order valence-electron chi connectivity index (χ1n) is 10.7. The molecule has 0 aromatic heterocycles. The van der Waals surface area contributed by atoms with Crippen molar-refractivity contribution in [3.05, 3.63) is 30.3 Å². The van der Waals surface area contributed by atoms with Crippen molar-refractivity contribution < 1.29 is 18.3 Å². The summed E-state index contributed by atoms with van der Waals surface area (Å²) in [7, 11) is -1.66. The van der Waals surface area contributed by atoms with Gasteiger partial charge in [0.05, 0.1) is 11.5 Å². The molecule has 0 radical (unpaired) electrons. The molecule has 0 amide bonds. The van der Waals surface area contributed by atoms with Gasteiger partial charge in [-0.1, -0.05) is 18.2 Å². The number of hydrogen-bond donors (Lipinski definition) is 3. The maximum absolute atomic E-state index is 12.8. The molecule has 2 heterocycles. The van der Waals surface area contributed by atoms with Crippen LogP contribution < -0.4 is 10.6 Å². The molecule has 0 bridgehead atoms. The van der Waals surface area contributed by atoms with Crippen LogP contribution in [-0.4, -0.2) is 76.8 Å². The van der Waals surface area contributed by atoms with Crippen LogP contribution in [0.5, 0.6) is 0 Å². The zero-order chi connectivity index (χ0) is 21.5. The summed E-state index contributed by atoms with van der Waals surface area (Å²) in [4.78, 5) is 4.66. The van der Waals surface area contributed by atoms with E-state index in [0.29, 0.717) is 43.5 Å². The molecule has 2 saturated heterocycles. The lowest BCUT2D eigenvalue weighted by atomic mass is 9.84. The van der Waals surface area contributed by atoms with Crippen LogP contribution in [0, 0.1) is 11.3 Å². The highest BCUT2D eigenvalue weighted by Crippen LogP contribution is 2.31. The SMILES string of the molecule is CN=C(NCC1CCN(S(=O)(=O)c2ccccc2)CC1)NCC1(CCO)CCOC1.I. The van der Waals surface area contributed by atoms with Crippen molar-refractivity contribution in [3.8, 4) is 0 Å². The predicted molar refractivity (Wildman–Crippen MR) is 132 cm³/mol. The minimum absolute atomic E-state index is 0. The van der Waals surface area contributed by atoms with E-state index in [-0.39, 0.29) is 36.0 Å². The highest BCUT2D eigenvalue weighted by atomic mass is 127. The number of sulfonamides is 1. The number of benzene rings is 1. The van der Waals surface area contributed by atoms with Crippen LogP contribution in [0.25, 0.3) is 0 Å². The molecule has 8 nitrogen and oxygen atoms in total. The summed E-state index contributed by atoms with van der Waals surface area (Å²) in [5.74, 6) is 1.13. The van der Waals surface area contributed by atoms with Crippen molar-refractivity contribution >= 4 is 40.0 Å². The first-order chi connectivity index (χ1) is 14.5. The van der Waals surface area contributed by atoms with Gasteiger partial charge in [0.15, 0.2) is 5.96 Å². The van der Waals surface area contributed by atoms with Gasteiger partial charge in [-0.25, -0.2) is 8.42 Å². The van der Waals surface area contributed by atoms with E-state index in [1.807, 2.05) is 6.07 Å². The minimum atomic E-state index is -3.41. The van der Waals surface area contributed by atoms with Crippen LogP contribution in [0.15, 0.2) is 40.2 Å². The molecule has 0 spiro atoms. The maximum Gasteiger partial charge on any atom is 0.243 e. The third-order valence-electron chi connectivity index (χ3n) is 6.19. The number of rotatable bonds is 8. The van der Waals surface area contributed by atoms with Crippen molar-refractivity contribution in [2.24, 2.45) is 16.3 Å². The van der Waals surface area contributed by atoms with E-state index in [9.17, 15) is 13.5 Å². The molecular formula is C21H35IN4O4S. The third-order valence-corrected chi connectivity index (χ3v) is 8.11. The largest absolute Gasteiger partial charge is 0.396 e. The Bertz CT molecular complexity index is 793. The number of ether oxygens (including phenoxy) is 1. The molecule has 3 rings (SSSR count). The fraction of sp³-hybridized carbons (Fsp3) is 0.667. The molecule has 1 atom stereocenters. The summed E-state index contributed by atoms with van der Waals surface area (Å²) >= 11 is 0. The van der Waals surface area contributed by atoms with Crippen LogP contribution in [-0.2, 0) is 14.8 Å². The van der Waals surface area contributed by atoms with E-state index in [1.165, 1.54) is 0 Å². The lowest BCUT2D eigenvalue weighted by Gasteiger charge is -2.32. The molecule has 176 valence electrons. The van der Waals surface area contributed by atoms with Gasteiger partial charge < -0.3 is 20.5 Å². The molecule has 3 N–H and O–H groups in total. The van der Waals surface area contributed by atoms with Crippen molar-refractivity contribution in [3.63, 3.8) is 0 Å². The van der Waals surface area contributed by atoms with E-state index >= 15 is 0 Å².